The van der Waals surface area contributed by atoms with Gasteiger partial charge in [-0.2, -0.15) is 0 Å². The molecule has 164 valence electrons. The Balaban J connectivity index is 0.000000612. The third kappa shape index (κ3) is 12.1. The molecule has 0 radical (unpaired) electrons. The van der Waals surface area contributed by atoms with Crippen LogP contribution in [0.15, 0.2) is 24.3 Å². The van der Waals surface area contributed by atoms with Crippen molar-refractivity contribution < 1.29 is 34.4 Å². The lowest BCUT2D eigenvalue weighted by Gasteiger charge is -2.22. The zero-order valence-corrected chi connectivity index (χ0v) is 17.0. The van der Waals surface area contributed by atoms with Gasteiger partial charge in [0.15, 0.2) is 0 Å². The number of hydrogen-bond acceptors (Lipinski definition) is 6. The maximum atomic E-state index is 10.1. The molecule has 0 bridgehead atoms. The molecule has 8 heteroatoms. The molecule has 0 saturated heterocycles. The summed E-state index contributed by atoms with van der Waals surface area (Å²) in [4.78, 5) is 18.2. The third-order valence-electron chi connectivity index (χ3n) is 4.67. The first-order valence-corrected chi connectivity index (χ1v) is 10.0. The fourth-order valence-electron chi connectivity index (χ4n) is 3.06. The lowest BCUT2D eigenvalue weighted by Crippen LogP contribution is -2.37. The fraction of sp³-hybridized carbons (Fsp3) is 0.619. The van der Waals surface area contributed by atoms with E-state index in [2.05, 4.69) is 5.32 Å². The molecule has 29 heavy (non-hydrogen) atoms. The second-order valence-electron chi connectivity index (χ2n) is 7.08. The number of carboxylic acid groups (broad SMARTS) is 2. The first kappa shape index (κ1) is 24.9. The molecule has 4 N–H and O–H groups in total. The van der Waals surface area contributed by atoms with E-state index in [-0.39, 0.29) is 0 Å². The van der Waals surface area contributed by atoms with Crippen LogP contribution in [0.3, 0.4) is 0 Å². The minimum Gasteiger partial charge on any atom is -0.497 e. The van der Waals surface area contributed by atoms with Gasteiger partial charge in [0.05, 0.1) is 26.4 Å². The van der Waals surface area contributed by atoms with Crippen molar-refractivity contribution in [1.82, 2.24) is 5.32 Å². The average Bonchev–Trinajstić information content (AvgIpc) is 2.68. The van der Waals surface area contributed by atoms with Crippen LogP contribution in [0.1, 0.15) is 50.5 Å². The summed E-state index contributed by atoms with van der Waals surface area (Å²) in [6.45, 7) is 1.50. The van der Waals surface area contributed by atoms with Gasteiger partial charge in [0.1, 0.15) is 5.75 Å². The van der Waals surface area contributed by atoms with Gasteiger partial charge < -0.3 is 30.1 Å². The molecule has 0 aliphatic heterocycles. The summed E-state index contributed by atoms with van der Waals surface area (Å²) in [5.74, 6) is -2.80. The summed E-state index contributed by atoms with van der Waals surface area (Å²) >= 11 is 0. The van der Waals surface area contributed by atoms with E-state index in [4.69, 9.17) is 29.3 Å². The highest BCUT2D eigenvalue weighted by molar-refractivity contribution is 6.27. The molecule has 0 aromatic heterocycles. The first-order valence-electron chi connectivity index (χ1n) is 10.0. The van der Waals surface area contributed by atoms with Crippen LogP contribution >= 0.6 is 0 Å². The van der Waals surface area contributed by atoms with Crippen LogP contribution in [0.4, 0.5) is 0 Å². The number of benzene rings is 1. The molecule has 1 aliphatic carbocycles. The van der Waals surface area contributed by atoms with Crippen LogP contribution in [0.5, 0.6) is 5.75 Å². The summed E-state index contributed by atoms with van der Waals surface area (Å²) in [6.07, 6.45) is 8.73. The number of ether oxygens (including phenoxy) is 2. The van der Waals surface area contributed by atoms with E-state index in [1.165, 1.54) is 44.9 Å². The average molecular weight is 411 g/mol. The smallest absolute Gasteiger partial charge is 0.414 e. The minimum atomic E-state index is -1.82. The standard InChI is InChI=1S/C19H31NO3.C2H2O4/c1-22-19-11-9-16(10-12-19)14-23-15-18(21)13-20-17-7-5-3-2-4-6-8-17;3-1(4)2(5)6/h9-12,17-18,20-21H,2-8,13-15H2,1H3;(H,3,4)(H,5,6). The molecule has 2 rings (SSSR count). The highest BCUT2D eigenvalue weighted by Crippen LogP contribution is 2.17. The van der Waals surface area contributed by atoms with Gasteiger partial charge in [0, 0.05) is 12.6 Å². The molecule has 1 unspecified atom stereocenters. The first-order chi connectivity index (χ1) is 13.9. The van der Waals surface area contributed by atoms with E-state index in [0.29, 0.717) is 25.8 Å². The van der Waals surface area contributed by atoms with Crippen molar-refractivity contribution in [2.75, 3.05) is 20.3 Å². The topological polar surface area (TPSA) is 125 Å². The van der Waals surface area contributed by atoms with Crippen molar-refractivity contribution in [2.45, 2.75) is 63.7 Å². The predicted molar refractivity (Wildman–Crippen MR) is 108 cm³/mol. The van der Waals surface area contributed by atoms with Crippen molar-refractivity contribution in [3.05, 3.63) is 29.8 Å². The number of rotatable bonds is 8. The Morgan fingerprint density at radius 2 is 1.59 bits per heavy atom. The van der Waals surface area contributed by atoms with Gasteiger partial charge in [-0.1, -0.05) is 44.2 Å². The SMILES string of the molecule is COc1ccc(COCC(O)CNC2CCCCCCC2)cc1.O=C(O)C(=O)O. The van der Waals surface area contributed by atoms with E-state index in [1.807, 2.05) is 24.3 Å². The van der Waals surface area contributed by atoms with Crippen LogP contribution in [0, 0.1) is 0 Å². The van der Waals surface area contributed by atoms with E-state index >= 15 is 0 Å². The molecule has 1 aromatic carbocycles. The Kier molecular flexibility index (Phi) is 12.7. The summed E-state index contributed by atoms with van der Waals surface area (Å²) in [6, 6.07) is 8.37. The Hall–Kier alpha value is -2.16. The molecule has 1 aliphatic rings. The predicted octanol–water partition coefficient (Wildman–Crippen LogP) is 2.43. The maximum absolute atomic E-state index is 10.1. The number of hydrogen-bond donors (Lipinski definition) is 4. The van der Waals surface area contributed by atoms with Crippen molar-refractivity contribution in [2.24, 2.45) is 0 Å². The Morgan fingerprint density at radius 3 is 2.10 bits per heavy atom. The van der Waals surface area contributed by atoms with Crippen molar-refractivity contribution in [3.63, 3.8) is 0 Å². The summed E-state index contributed by atoms with van der Waals surface area (Å²) in [7, 11) is 1.66. The number of nitrogens with one attached hydrogen (secondary N) is 1. The van der Waals surface area contributed by atoms with E-state index < -0.39 is 18.0 Å². The van der Waals surface area contributed by atoms with Gasteiger partial charge in [-0.05, 0) is 30.5 Å². The minimum absolute atomic E-state index is 0.367. The largest absolute Gasteiger partial charge is 0.497 e. The number of aliphatic hydroxyl groups excluding tert-OH is 1. The molecule has 0 spiro atoms. The van der Waals surface area contributed by atoms with Gasteiger partial charge in [-0.25, -0.2) is 9.59 Å². The van der Waals surface area contributed by atoms with Crippen LogP contribution in [0.2, 0.25) is 0 Å². The van der Waals surface area contributed by atoms with Crippen molar-refractivity contribution in [3.8, 4) is 5.75 Å². The zero-order chi connectivity index (χ0) is 21.5. The maximum Gasteiger partial charge on any atom is 0.414 e. The molecule has 8 nitrogen and oxygen atoms in total. The van der Waals surface area contributed by atoms with Crippen molar-refractivity contribution >= 4 is 11.9 Å². The molecule has 1 fully saturated rings. The molecule has 1 saturated carbocycles. The number of carboxylic acids is 2. The normalized spacial score (nSPS) is 15.9. The van der Waals surface area contributed by atoms with Gasteiger partial charge in [-0.15, -0.1) is 0 Å². The summed E-state index contributed by atoms with van der Waals surface area (Å²) in [5, 5.41) is 28.3. The lowest BCUT2D eigenvalue weighted by atomic mass is 9.96. The van der Waals surface area contributed by atoms with Crippen LogP contribution in [0.25, 0.3) is 0 Å². The van der Waals surface area contributed by atoms with Gasteiger partial charge in [-0.3, -0.25) is 0 Å². The molecular formula is C21H33NO7. The second kappa shape index (κ2) is 14.8. The second-order valence-corrected chi connectivity index (χ2v) is 7.08. The van der Waals surface area contributed by atoms with E-state index in [0.717, 1.165) is 11.3 Å². The zero-order valence-electron chi connectivity index (χ0n) is 17.0. The summed E-state index contributed by atoms with van der Waals surface area (Å²) < 4.78 is 10.7. The molecule has 0 amide bonds. The van der Waals surface area contributed by atoms with E-state index in [1.54, 1.807) is 7.11 Å². The number of aliphatic hydroxyl groups is 1. The number of methoxy groups -OCH3 is 1. The van der Waals surface area contributed by atoms with Crippen LogP contribution in [-0.4, -0.2) is 59.7 Å². The van der Waals surface area contributed by atoms with Gasteiger partial charge >= 0.3 is 11.9 Å². The van der Waals surface area contributed by atoms with Crippen molar-refractivity contribution in [1.29, 1.82) is 0 Å². The molecular weight excluding hydrogens is 378 g/mol. The van der Waals surface area contributed by atoms with Gasteiger partial charge in [0.25, 0.3) is 0 Å². The third-order valence-corrected chi connectivity index (χ3v) is 4.67. The Morgan fingerprint density at radius 1 is 1.03 bits per heavy atom. The van der Waals surface area contributed by atoms with E-state index in [9.17, 15) is 5.11 Å². The number of aliphatic carboxylic acids is 2. The highest BCUT2D eigenvalue weighted by Gasteiger charge is 2.13. The summed E-state index contributed by atoms with van der Waals surface area (Å²) in [5.41, 5.74) is 1.09. The molecule has 0 heterocycles. The van der Waals surface area contributed by atoms with Crippen LogP contribution in [-0.2, 0) is 20.9 Å². The molecule has 1 atom stereocenters. The lowest BCUT2D eigenvalue weighted by molar-refractivity contribution is -0.159. The number of carbonyl (C=O) groups is 2. The van der Waals surface area contributed by atoms with Crippen LogP contribution < -0.4 is 10.1 Å². The fourth-order valence-corrected chi connectivity index (χ4v) is 3.06. The van der Waals surface area contributed by atoms with Gasteiger partial charge in [0.2, 0.25) is 0 Å². The highest BCUT2D eigenvalue weighted by atomic mass is 16.5. The molecule has 1 aromatic rings. The quantitative estimate of drug-likeness (QED) is 0.481. The monoisotopic (exact) mass is 411 g/mol. The Labute approximate surface area is 171 Å². The Bertz CT molecular complexity index is 571.